The number of carbonyl (C=O) groups is 2. The first-order chi connectivity index (χ1) is 9.88. The number of anilines is 1. The highest BCUT2D eigenvalue weighted by molar-refractivity contribution is 6.29. The van der Waals surface area contributed by atoms with Crippen LogP contribution in [0.3, 0.4) is 0 Å². The summed E-state index contributed by atoms with van der Waals surface area (Å²) < 4.78 is 26.2. The Balaban J connectivity index is 2.36. The lowest BCUT2D eigenvalue weighted by Gasteiger charge is -2.07. The van der Waals surface area contributed by atoms with Gasteiger partial charge in [-0.25, -0.2) is 13.6 Å². The monoisotopic (exact) mass is 313 g/mol. The lowest BCUT2D eigenvalue weighted by Crippen LogP contribution is -2.18. The van der Waals surface area contributed by atoms with E-state index in [0.717, 1.165) is 0 Å². The second-order valence-corrected chi connectivity index (χ2v) is 4.20. The molecule has 2 N–H and O–H groups in total. The number of carboxylic acids is 1. The molecule has 0 aliphatic heterocycles. The van der Waals surface area contributed by atoms with Crippen LogP contribution in [0.15, 0.2) is 24.3 Å². The van der Waals surface area contributed by atoms with E-state index in [2.05, 4.69) is 15.5 Å². The summed E-state index contributed by atoms with van der Waals surface area (Å²) in [6, 6.07) is 3.58. The lowest BCUT2D eigenvalue weighted by molar-refractivity contribution is 0.0691. The zero-order valence-corrected chi connectivity index (χ0v) is 10.9. The third kappa shape index (κ3) is 3.29. The number of hydrogen-bond acceptors (Lipinski definition) is 4. The predicted molar refractivity (Wildman–Crippen MR) is 68.3 cm³/mol. The van der Waals surface area contributed by atoms with Crippen LogP contribution in [-0.2, 0) is 0 Å². The number of rotatable bonds is 3. The number of halogens is 3. The van der Waals surface area contributed by atoms with Gasteiger partial charge in [-0.2, -0.15) is 0 Å². The summed E-state index contributed by atoms with van der Waals surface area (Å²) in [5.41, 5.74) is -1.22. The van der Waals surface area contributed by atoms with Crippen molar-refractivity contribution >= 4 is 29.3 Å². The quantitative estimate of drug-likeness (QED) is 0.907. The number of nitrogens with zero attached hydrogens (tertiary/aromatic N) is 2. The van der Waals surface area contributed by atoms with Crippen LogP contribution in [0, 0.1) is 11.6 Å². The maximum absolute atomic E-state index is 13.2. The molecule has 0 aliphatic rings. The first-order valence-corrected chi connectivity index (χ1v) is 5.79. The molecule has 1 amide bonds. The summed E-state index contributed by atoms with van der Waals surface area (Å²) in [6.07, 6.45) is 0. The van der Waals surface area contributed by atoms with E-state index in [-0.39, 0.29) is 11.0 Å². The van der Waals surface area contributed by atoms with E-state index in [1.165, 1.54) is 12.1 Å². The van der Waals surface area contributed by atoms with E-state index < -0.39 is 34.6 Å². The number of carboxylic acid groups (broad SMARTS) is 1. The van der Waals surface area contributed by atoms with Crippen molar-refractivity contribution in [1.82, 2.24) is 10.2 Å². The molecule has 108 valence electrons. The lowest BCUT2D eigenvalue weighted by atomic mass is 10.1. The summed E-state index contributed by atoms with van der Waals surface area (Å²) in [7, 11) is 0. The largest absolute Gasteiger partial charge is 0.478 e. The van der Waals surface area contributed by atoms with E-state index in [1.807, 2.05) is 0 Å². The molecular weight excluding hydrogens is 308 g/mol. The highest BCUT2D eigenvalue weighted by Gasteiger charge is 2.20. The molecule has 0 saturated heterocycles. The second-order valence-electron chi connectivity index (χ2n) is 3.81. The molecular formula is C12H6ClF2N3O3. The fourth-order valence-electron chi connectivity index (χ4n) is 1.48. The number of amides is 1. The summed E-state index contributed by atoms with van der Waals surface area (Å²) in [5, 5.41) is 18.2. The van der Waals surface area contributed by atoms with Crippen LogP contribution in [0.5, 0.6) is 0 Å². The van der Waals surface area contributed by atoms with E-state index in [0.29, 0.717) is 12.1 Å². The molecule has 0 spiro atoms. The molecule has 2 rings (SSSR count). The standard InChI is InChI=1S/C12H6ClF2N3O3/c13-9-1-2-10(18-17-9)16-11(19)5-3-7(14)8(15)4-6(5)12(20)21/h1-4H,(H,20,21)(H,16,18,19). The minimum Gasteiger partial charge on any atom is -0.478 e. The molecule has 0 atom stereocenters. The van der Waals surface area contributed by atoms with E-state index in [9.17, 15) is 18.4 Å². The van der Waals surface area contributed by atoms with Gasteiger partial charge in [0.2, 0.25) is 0 Å². The van der Waals surface area contributed by atoms with Gasteiger partial charge < -0.3 is 10.4 Å². The first kappa shape index (κ1) is 14.8. The Morgan fingerprint density at radius 2 is 1.71 bits per heavy atom. The van der Waals surface area contributed by atoms with Gasteiger partial charge in [0.15, 0.2) is 22.6 Å². The van der Waals surface area contributed by atoms with Crippen molar-refractivity contribution < 1.29 is 23.5 Å². The Kier molecular flexibility index (Phi) is 4.08. The molecule has 9 heteroatoms. The third-order valence-electron chi connectivity index (χ3n) is 2.41. The Morgan fingerprint density at radius 3 is 2.24 bits per heavy atom. The van der Waals surface area contributed by atoms with Crippen LogP contribution in [-0.4, -0.2) is 27.2 Å². The number of aromatic carboxylic acids is 1. The van der Waals surface area contributed by atoms with Gasteiger partial charge >= 0.3 is 5.97 Å². The highest BCUT2D eigenvalue weighted by atomic mass is 35.5. The van der Waals surface area contributed by atoms with E-state index in [1.54, 1.807) is 0 Å². The summed E-state index contributed by atoms with van der Waals surface area (Å²) >= 11 is 5.51. The smallest absolute Gasteiger partial charge is 0.336 e. The van der Waals surface area contributed by atoms with Crippen molar-refractivity contribution in [3.05, 3.63) is 52.2 Å². The summed E-state index contributed by atoms with van der Waals surface area (Å²) in [6.45, 7) is 0. The topological polar surface area (TPSA) is 92.2 Å². The minimum absolute atomic E-state index is 0.0227. The van der Waals surface area contributed by atoms with Crippen LogP contribution in [0.4, 0.5) is 14.6 Å². The maximum Gasteiger partial charge on any atom is 0.336 e. The van der Waals surface area contributed by atoms with Crippen LogP contribution in [0.25, 0.3) is 0 Å². The SMILES string of the molecule is O=C(O)c1cc(F)c(F)cc1C(=O)Nc1ccc(Cl)nn1. The Morgan fingerprint density at radius 1 is 1.10 bits per heavy atom. The van der Waals surface area contributed by atoms with Crippen LogP contribution in [0.1, 0.15) is 20.7 Å². The van der Waals surface area contributed by atoms with Crippen molar-refractivity contribution in [3.63, 3.8) is 0 Å². The van der Waals surface area contributed by atoms with E-state index >= 15 is 0 Å². The molecule has 0 bridgehead atoms. The second kappa shape index (κ2) is 5.80. The van der Waals surface area contributed by atoms with Crippen LogP contribution >= 0.6 is 11.6 Å². The zero-order valence-electron chi connectivity index (χ0n) is 10.1. The maximum atomic E-state index is 13.2. The predicted octanol–water partition coefficient (Wildman–Crippen LogP) is 2.36. The zero-order chi connectivity index (χ0) is 15.6. The van der Waals surface area contributed by atoms with Gasteiger partial charge in [0.25, 0.3) is 5.91 Å². The van der Waals surface area contributed by atoms with Crippen molar-refractivity contribution in [1.29, 1.82) is 0 Å². The summed E-state index contributed by atoms with van der Waals surface area (Å²) in [5.74, 6) is -5.27. The van der Waals surface area contributed by atoms with Crippen LogP contribution in [0.2, 0.25) is 5.15 Å². The van der Waals surface area contributed by atoms with Crippen molar-refractivity contribution in [2.24, 2.45) is 0 Å². The first-order valence-electron chi connectivity index (χ1n) is 5.41. The molecule has 0 fully saturated rings. The molecule has 0 radical (unpaired) electrons. The number of nitrogens with one attached hydrogen (secondary N) is 1. The number of carbonyl (C=O) groups excluding carboxylic acids is 1. The van der Waals surface area contributed by atoms with Gasteiger partial charge in [0.1, 0.15) is 0 Å². The Labute approximate surface area is 121 Å². The molecule has 0 saturated carbocycles. The average molecular weight is 314 g/mol. The van der Waals surface area contributed by atoms with Gasteiger partial charge in [0.05, 0.1) is 11.1 Å². The molecule has 0 unspecified atom stereocenters. The van der Waals surface area contributed by atoms with Crippen molar-refractivity contribution in [2.75, 3.05) is 5.32 Å². The third-order valence-corrected chi connectivity index (χ3v) is 2.61. The van der Waals surface area contributed by atoms with Gasteiger partial charge in [-0.3, -0.25) is 4.79 Å². The van der Waals surface area contributed by atoms with Crippen molar-refractivity contribution in [2.45, 2.75) is 0 Å². The van der Waals surface area contributed by atoms with Gasteiger partial charge in [-0.1, -0.05) is 11.6 Å². The fourth-order valence-corrected chi connectivity index (χ4v) is 1.58. The highest BCUT2D eigenvalue weighted by Crippen LogP contribution is 2.17. The van der Waals surface area contributed by atoms with Crippen LogP contribution < -0.4 is 5.32 Å². The fraction of sp³-hybridized carbons (Fsp3) is 0. The Hall–Kier alpha value is -2.61. The number of benzene rings is 1. The number of aromatic nitrogens is 2. The van der Waals surface area contributed by atoms with E-state index in [4.69, 9.17) is 16.7 Å². The molecule has 21 heavy (non-hydrogen) atoms. The van der Waals surface area contributed by atoms with Gasteiger partial charge in [-0.05, 0) is 24.3 Å². The molecule has 1 aromatic carbocycles. The Bertz CT molecular complexity index is 722. The normalized spacial score (nSPS) is 10.2. The molecule has 2 aromatic rings. The minimum atomic E-state index is -1.57. The molecule has 6 nitrogen and oxygen atoms in total. The molecule has 1 aromatic heterocycles. The van der Waals surface area contributed by atoms with Gasteiger partial charge in [0, 0.05) is 0 Å². The average Bonchev–Trinajstić information content (AvgIpc) is 2.43. The molecule has 0 aliphatic carbocycles. The number of hydrogen-bond donors (Lipinski definition) is 2. The van der Waals surface area contributed by atoms with Gasteiger partial charge in [-0.15, -0.1) is 10.2 Å². The van der Waals surface area contributed by atoms with Crippen molar-refractivity contribution in [3.8, 4) is 0 Å². The molecule has 1 heterocycles. The summed E-state index contributed by atoms with van der Waals surface area (Å²) in [4.78, 5) is 22.9.